The van der Waals surface area contributed by atoms with Crippen molar-refractivity contribution in [3.8, 4) is 6.07 Å². The molecule has 0 N–H and O–H groups in total. The summed E-state index contributed by atoms with van der Waals surface area (Å²) in [5.74, 6) is 0. The molecule has 11 heavy (non-hydrogen) atoms. The molecule has 1 aliphatic rings. The predicted octanol–water partition coefficient (Wildman–Crippen LogP) is 2.02. The van der Waals surface area contributed by atoms with Gasteiger partial charge < -0.3 is 0 Å². The lowest BCUT2D eigenvalue weighted by Gasteiger charge is -2.16. The Balaban J connectivity index is 2.99. The summed E-state index contributed by atoms with van der Waals surface area (Å²) in [6, 6.07) is 1.86. The second-order valence-electron chi connectivity index (χ2n) is 1.78. The van der Waals surface area contributed by atoms with Gasteiger partial charge in [-0.1, -0.05) is 11.6 Å². The summed E-state index contributed by atoms with van der Waals surface area (Å²) in [6.07, 6.45) is 0. The molecule has 0 aromatic rings. The lowest BCUT2D eigenvalue weighted by atomic mass is 10.3. The monoisotopic (exact) mass is 209 g/mol. The van der Waals surface area contributed by atoms with E-state index in [9.17, 15) is 0 Å². The topological polar surface area (TPSA) is 39.4 Å². The molecule has 0 saturated carbocycles. The van der Waals surface area contributed by atoms with Gasteiger partial charge in [0.15, 0.2) is 0 Å². The van der Waals surface area contributed by atoms with E-state index in [2.05, 4.69) is 4.99 Å². The van der Waals surface area contributed by atoms with Gasteiger partial charge in [-0.15, -0.1) is 0 Å². The molecule has 1 rings (SSSR count). The van der Waals surface area contributed by atoms with Gasteiger partial charge in [-0.05, 0) is 11.6 Å². The Kier molecular flexibility index (Phi) is 2.61. The van der Waals surface area contributed by atoms with Crippen LogP contribution in [0.5, 0.6) is 0 Å². The minimum absolute atomic E-state index is 0.0793. The molecule has 1 aliphatic heterocycles. The molecule has 0 fully saturated rings. The van der Waals surface area contributed by atoms with Crippen molar-refractivity contribution < 1.29 is 0 Å². The summed E-state index contributed by atoms with van der Waals surface area (Å²) >= 11 is 16.6. The number of aliphatic imine (C=N–C) groups is 1. The molecule has 0 aromatic carbocycles. The Morgan fingerprint density at radius 3 is 2.73 bits per heavy atom. The Labute approximate surface area is 78.6 Å². The first-order chi connectivity index (χ1) is 5.15. The molecule has 0 radical (unpaired) electrons. The minimum Gasteiger partial charge on any atom is -0.254 e. The van der Waals surface area contributed by atoms with Crippen LogP contribution < -0.4 is 0 Å². The second-order valence-corrected chi connectivity index (χ2v) is 2.89. The molecule has 3 nitrogen and oxygen atoms in total. The summed E-state index contributed by atoms with van der Waals surface area (Å²) in [6.45, 7) is 0.194. The first-order valence-electron chi connectivity index (χ1n) is 2.61. The zero-order chi connectivity index (χ0) is 8.43. The molecule has 1 heterocycles. The van der Waals surface area contributed by atoms with Crippen molar-refractivity contribution in [3.63, 3.8) is 0 Å². The van der Waals surface area contributed by atoms with Gasteiger partial charge in [0.05, 0.1) is 18.2 Å². The molecule has 0 aromatic heterocycles. The zero-order valence-electron chi connectivity index (χ0n) is 5.18. The third-order valence-corrected chi connectivity index (χ3v) is 2.04. The van der Waals surface area contributed by atoms with Crippen molar-refractivity contribution >= 4 is 40.3 Å². The molecular formula is C5H2Cl3N3. The summed E-state index contributed by atoms with van der Waals surface area (Å²) in [5.41, 5.74) is 0.311. The Morgan fingerprint density at radius 2 is 2.18 bits per heavy atom. The van der Waals surface area contributed by atoms with Crippen LogP contribution in [-0.4, -0.2) is 16.3 Å². The Bertz CT molecular complexity index is 275. The largest absolute Gasteiger partial charge is 0.254 e. The molecular weight excluding hydrogens is 208 g/mol. The van der Waals surface area contributed by atoms with Gasteiger partial charge in [-0.3, -0.25) is 4.42 Å². The van der Waals surface area contributed by atoms with Crippen LogP contribution >= 0.6 is 35.0 Å². The normalized spacial score (nSPS) is 18.0. The lowest BCUT2D eigenvalue weighted by Crippen LogP contribution is -2.22. The highest BCUT2D eigenvalue weighted by Gasteiger charge is 2.17. The lowest BCUT2D eigenvalue weighted by molar-refractivity contribution is 0.719. The van der Waals surface area contributed by atoms with Crippen LogP contribution in [0.1, 0.15) is 0 Å². The van der Waals surface area contributed by atoms with Gasteiger partial charge in [-0.25, -0.2) is 4.99 Å². The predicted molar refractivity (Wildman–Crippen MR) is 44.3 cm³/mol. The van der Waals surface area contributed by atoms with E-state index >= 15 is 0 Å². The molecule has 0 aliphatic carbocycles. The van der Waals surface area contributed by atoms with Crippen molar-refractivity contribution in [3.05, 3.63) is 10.7 Å². The second kappa shape index (κ2) is 3.31. The van der Waals surface area contributed by atoms with Crippen LogP contribution in [0.15, 0.2) is 15.7 Å². The van der Waals surface area contributed by atoms with E-state index < -0.39 is 0 Å². The maximum absolute atomic E-state index is 8.48. The Morgan fingerprint density at radius 1 is 1.55 bits per heavy atom. The third-order valence-electron chi connectivity index (χ3n) is 1.07. The summed E-state index contributed by atoms with van der Waals surface area (Å²) in [7, 11) is 0. The van der Waals surface area contributed by atoms with Crippen LogP contribution in [0.4, 0.5) is 0 Å². The first kappa shape index (κ1) is 8.66. The van der Waals surface area contributed by atoms with Crippen LogP contribution in [0.2, 0.25) is 0 Å². The van der Waals surface area contributed by atoms with Crippen molar-refractivity contribution in [2.75, 3.05) is 6.54 Å². The fourth-order valence-corrected chi connectivity index (χ4v) is 1.08. The van der Waals surface area contributed by atoms with E-state index in [0.29, 0.717) is 5.57 Å². The van der Waals surface area contributed by atoms with Gasteiger partial charge in [-0.2, -0.15) is 5.26 Å². The number of hydrogen-bond acceptors (Lipinski definition) is 3. The van der Waals surface area contributed by atoms with Crippen LogP contribution in [0.25, 0.3) is 0 Å². The van der Waals surface area contributed by atoms with Crippen molar-refractivity contribution in [2.45, 2.75) is 0 Å². The van der Waals surface area contributed by atoms with E-state index in [1.807, 2.05) is 6.07 Å². The summed E-state index contributed by atoms with van der Waals surface area (Å²) < 4.78 is 1.12. The summed E-state index contributed by atoms with van der Waals surface area (Å²) in [5, 5.41) is 8.66. The molecule has 6 heteroatoms. The van der Waals surface area contributed by atoms with Gasteiger partial charge in [0.1, 0.15) is 5.16 Å². The van der Waals surface area contributed by atoms with E-state index in [1.54, 1.807) is 0 Å². The standard InChI is InChI=1S/C5H2Cl3N3/c6-4-3(1-9)2-11(8)5(7)10-4/h2H2. The van der Waals surface area contributed by atoms with Gasteiger partial charge >= 0.3 is 0 Å². The number of hydrogen-bond donors (Lipinski definition) is 0. The number of rotatable bonds is 0. The number of nitriles is 1. The fraction of sp³-hybridized carbons (Fsp3) is 0.200. The van der Waals surface area contributed by atoms with Crippen molar-refractivity contribution in [2.24, 2.45) is 4.99 Å². The molecule has 0 atom stereocenters. The molecule has 0 unspecified atom stereocenters. The highest BCUT2D eigenvalue weighted by atomic mass is 35.5. The van der Waals surface area contributed by atoms with E-state index in [4.69, 9.17) is 40.2 Å². The third kappa shape index (κ3) is 1.78. The van der Waals surface area contributed by atoms with E-state index in [0.717, 1.165) is 4.42 Å². The van der Waals surface area contributed by atoms with Crippen LogP contribution in [0.3, 0.4) is 0 Å². The number of nitrogens with zero attached hydrogens (tertiary/aromatic N) is 3. The fourth-order valence-electron chi connectivity index (χ4n) is 0.554. The quantitative estimate of drug-likeness (QED) is 0.453. The minimum atomic E-state index is 0.0793. The molecule has 58 valence electrons. The maximum atomic E-state index is 8.48. The zero-order valence-corrected chi connectivity index (χ0v) is 7.45. The van der Waals surface area contributed by atoms with E-state index in [-0.39, 0.29) is 17.0 Å². The number of halogens is 3. The molecule has 0 amide bonds. The van der Waals surface area contributed by atoms with E-state index in [1.165, 1.54) is 0 Å². The average molecular weight is 210 g/mol. The number of amidine groups is 1. The van der Waals surface area contributed by atoms with Crippen molar-refractivity contribution in [1.82, 2.24) is 4.42 Å². The SMILES string of the molecule is N#CC1=C(Cl)N=C(Cl)N(Cl)C1. The summed E-state index contributed by atoms with van der Waals surface area (Å²) in [4.78, 5) is 3.61. The highest BCUT2D eigenvalue weighted by molar-refractivity contribution is 6.67. The molecule has 0 spiro atoms. The van der Waals surface area contributed by atoms with Gasteiger partial charge in [0, 0.05) is 11.8 Å². The highest BCUT2D eigenvalue weighted by Crippen LogP contribution is 2.20. The molecule has 0 bridgehead atoms. The average Bonchev–Trinajstić information content (AvgIpc) is 1.97. The van der Waals surface area contributed by atoms with Crippen LogP contribution in [0, 0.1) is 11.3 Å². The molecule has 0 saturated heterocycles. The smallest absolute Gasteiger partial charge is 0.215 e. The van der Waals surface area contributed by atoms with Crippen molar-refractivity contribution in [1.29, 1.82) is 5.26 Å². The van der Waals surface area contributed by atoms with Crippen LogP contribution in [-0.2, 0) is 0 Å². The van der Waals surface area contributed by atoms with Gasteiger partial charge in [0.2, 0.25) is 5.29 Å². The maximum Gasteiger partial charge on any atom is 0.215 e. The Hall–Kier alpha value is -0.430. The first-order valence-corrected chi connectivity index (χ1v) is 3.71. The van der Waals surface area contributed by atoms with Gasteiger partial charge in [0.25, 0.3) is 0 Å².